The van der Waals surface area contributed by atoms with E-state index < -0.39 is 0 Å². The van der Waals surface area contributed by atoms with Gasteiger partial charge in [-0.3, -0.25) is 0 Å². The van der Waals surface area contributed by atoms with E-state index in [0.717, 1.165) is 5.56 Å². The standard InChI is InChI=1S/C19H26O/c1-18(2)12-17(13-19(3,4)14-18)16-9-7-15(8-10-16)6-5-11-20/h7-10,17,20H,11-14H2,1-4H3. The van der Waals surface area contributed by atoms with Gasteiger partial charge >= 0.3 is 0 Å². The van der Waals surface area contributed by atoms with Gasteiger partial charge in [0.1, 0.15) is 6.61 Å². The highest BCUT2D eigenvalue weighted by Gasteiger charge is 2.38. The van der Waals surface area contributed by atoms with Crippen molar-refractivity contribution in [2.24, 2.45) is 10.8 Å². The first-order valence-corrected chi connectivity index (χ1v) is 7.51. The van der Waals surface area contributed by atoms with Crippen molar-refractivity contribution in [3.63, 3.8) is 0 Å². The number of aliphatic hydroxyl groups is 1. The van der Waals surface area contributed by atoms with E-state index in [-0.39, 0.29) is 6.61 Å². The SMILES string of the molecule is CC1(C)CC(c2ccc(C#CCO)cc2)CC(C)(C)C1. The number of hydrogen-bond acceptors (Lipinski definition) is 1. The van der Waals surface area contributed by atoms with Crippen LogP contribution in [0.2, 0.25) is 0 Å². The summed E-state index contributed by atoms with van der Waals surface area (Å²) in [6.07, 6.45) is 3.83. The zero-order valence-electron chi connectivity index (χ0n) is 13.2. The second-order valence-corrected chi connectivity index (χ2v) is 7.69. The quantitative estimate of drug-likeness (QED) is 0.752. The molecule has 1 saturated carbocycles. The molecule has 1 aromatic carbocycles. The normalized spacial score (nSPS) is 21.1. The van der Waals surface area contributed by atoms with Crippen LogP contribution in [0.25, 0.3) is 0 Å². The van der Waals surface area contributed by atoms with Gasteiger partial charge in [-0.25, -0.2) is 0 Å². The van der Waals surface area contributed by atoms with Crippen molar-refractivity contribution in [1.29, 1.82) is 0 Å². The van der Waals surface area contributed by atoms with E-state index in [0.29, 0.717) is 16.7 Å². The van der Waals surface area contributed by atoms with Crippen LogP contribution in [-0.4, -0.2) is 11.7 Å². The summed E-state index contributed by atoms with van der Waals surface area (Å²) in [6, 6.07) is 8.58. The van der Waals surface area contributed by atoms with Crippen LogP contribution in [-0.2, 0) is 0 Å². The molecule has 108 valence electrons. The molecular formula is C19H26O. The third-order valence-electron chi connectivity index (χ3n) is 4.25. The number of benzene rings is 1. The molecule has 1 heteroatoms. The maximum atomic E-state index is 8.73. The lowest BCUT2D eigenvalue weighted by molar-refractivity contribution is 0.0969. The fraction of sp³-hybridized carbons (Fsp3) is 0.579. The molecule has 20 heavy (non-hydrogen) atoms. The number of aliphatic hydroxyl groups excluding tert-OH is 1. The van der Waals surface area contributed by atoms with Crippen LogP contribution < -0.4 is 0 Å². The summed E-state index contributed by atoms with van der Waals surface area (Å²) >= 11 is 0. The van der Waals surface area contributed by atoms with Crippen molar-refractivity contribution in [3.8, 4) is 11.8 Å². The molecule has 1 aliphatic carbocycles. The molecule has 0 amide bonds. The molecule has 0 bridgehead atoms. The topological polar surface area (TPSA) is 20.2 Å². The summed E-state index contributed by atoms with van der Waals surface area (Å²) in [5.74, 6) is 6.30. The number of hydrogen-bond donors (Lipinski definition) is 1. The predicted octanol–water partition coefficient (Wildman–Crippen LogP) is 4.35. The molecule has 1 nitrogen and oxygen atoms in total. The van der Waals surface area contributed by atoms with Crippen molar-refractivity contribution in [2.45, 2.75) is 52.9 Å². The van der Waals surface area contributed by atoms with Gasteiger partial charge in [-0.2, -0.15) is 0 Å². The molecule has 0 aliphatic heterocycles. The zero-order valence-corrected chi connectivity index (χ0v) is 13.2. The molecule has 1 aromatic rings. The molecule has 1 aliphatic rings. The molecule has 0 heterocycles. The molecule has 0 aromatic heterocycles. The van der Waals surface area contributed by atoms with Crippen LogP contribution >= 0.6 is 0 Å². The summed E-state index contributed by atoms with van der Waals surface area (Å²) < 4.78 is 0. The molecule has 1 fully saturated rings. The Morgan fingerprint density at radius 3 is 2.10 bits per heavy atom. The Morgan fingerprint density at radius 2 is 1.60 bits per heavy atom. The van der Waals surface area contributed by atoms with Crippen LogP contribution in [0, 0.1) is 22.7 Å². The summed E-state index contributed by atoms with van der Waals surface area (Å²) in [5, 5.41) is 8.73. The van der Waals surface area contributed by atoms with Crippen molar-refractivity contribution in [2.75, 3.05) is 6.61 Å². The van der Waals surface area contributed by atoms with Crippen molar-refractivity contribution < 1.29 is 5.11 Å². The first-order chi connectivity index (χ1) is 9.31. The molecule has 0 unspecified atom stereocenters. The van der Waals surface area contributed by atoms with Gasteiger partial charge in [0, 0.05) is 5.56 Å². The first kappa shape index (κ1) is 15.1. The minimum Gasteiger partial charge on any atom is -0.384 e. The predicted molar refractivity (Wildman–Crippen MR) is 84.6 cm³/mol. The molecule has 0 saturated heterocycles. The van der Waals surface area contributed by atoms with Gasteiger partial charge in [0.05, 0.1) is 0 Å². The fourth-order valence-electron chi connectivity index (χ4n) is 4.06. The minimum absolute atomic E-state index is 0.0766. The molecule has 2 rings (SSSR count). The van der Waals surface area contributed by atoms with Crippen LogP contribution in [0.4, 0.5) is 0 Å². The minimum atomic E-state index is -0.0766. The van der Waals surface area contributed by atoms with E-state index in [1.807, 2.05) is 0 Å². The largest absolute Gasteiger partial charge is 0.384 e. The summed E-state index contributed by atoms with van der Waals surface area (Å²) in [5.41, 5.74) is 3.25. The third-order valence-corrected chi connectivity index (χ3v) is 4.25. The van der Waals surface area contributed by atoms with E-state index in [1.54, 1.807) is 0 Å². The zero-order chi connectivity index (χ0) is 14.8. The Hall–Kier alpha value is -1.26. The van der Waals surface area contributed by atoms with E-state index >= 15 is 0 Å². The van der Waals surface area contributed by atoms with Gasteiger partial charge in [-0.05, 0) is 53.7 Å². The van der Waals surface area contributed by atoms with Crippen LogP contribution in [0.3, 0.4) is 0 Å². The molecule has 0 spiro atoms. The van der Waals surface area contributed by atoms with Gasteiger partial charge in [-0.1, -0.05) is 51.7 Å². The third kappa shape index (κ3) is 3.87. The maximum Gasteiger partial charge on any atom is 0.104 e. The molecule has 1 N–H and O–H groups in total. The van der Waals surface area contributed by atoms with Crippen LogP contribution in [0.5, 0.6) is 0 Å². The lowest BCUT2D eigenvalue weighted by Crippen LogP contribution is -2.32. The van der Waals surface area contributed by atoms with E-state index in [2.05, 4.69) is 63.8 Å². The summed E-state index contributed by atoms with van der Waals surface area (Å²) in [6.45, 7) is 9.49. The van der Waals surface area contributed by atoms with Crippen molar-refractivity contribution in [3.05, 3.63) is 35.4 Å². The highest BCUT2D eigenvalue weighted by Crippen LogP contribution is 2.51. The van der Waals surface area contributed by atoms with Gasteiger partial charge in [-0.15, -0.1) is 0 Å². The van der Waals surface area contributed by atoms with E-state index in [9.17, 15) is 0 Å². The Morgan fingerprint density at radius 1 is 1.05 bits per heavy atom. The average Bonchev–Trinajstić information content (AvgIpc) is 2.33. The van der Waals surface area contributed by atoms with Gasteiger partial charge in [0.15, 0.2) is 0 Å². The summed E-state index contributed by atoms with van der Waals surface area (Å²) in [4.78, 5) is 0. The van der Waals surface area contributed by atoms with Crippen LogP contribution in [0.1, 0.15) is 64.0 Å². The first-order valence-electron chi connectivity index (χ1n) is 7.51. The van der Waals surface area contributed by atoms with Crippen molar-refractivity contribution >= 4 is 0 Å². The fourth-order valence-corrected chi connectivity index (χ4v) is 4.06. The van der Waals surface area contributed by atoms with Crippen molar-refractivity contribution in [1.82, 2.24) is 0 Å². The van der Waals surface area contributed by atoms with Gasteiger partial charge in [0.2, 0.25) is 0 Å². The van der Waals surface area contributed by atoms with Gasteiger partial charge < -0.3 is 5.11 Å². The van der Waals surface area contributed by atoms with E-state index in [4.69, 9.17) is 5.11 Å². The Balaban J connectivity index is 2.18. The highest BCUT2D eigenvalue weighted by atomic mass is 16.2. The van der Waals surface area contributed by atoms with E-state index in [1.165, 1.54) is 24.8 Å². The monoisotopic (exact) mass is 270 g/mol. The maximum absolute atomic E-state index is 8.73. The molecule has 0 radical (unpaired) electrons. The smallest absolute Gasteiger partial charge is 0.104 e. The number of rotatable bonds is 1. The molecular weight excluding hydrogens is 244 g/mol. The second kappa shape index (κ2) is 5.62. The second-order valence-electron chi connectivity index (χ2n) is 7.69. The Kier molecular flexibility index (Phi) is 4.25. The highest BCUT2D eigenvalue weighted by molar-refractivity contribution is 5.37. The average molecular weight is 270 g/mol. The Bertz CT molecular complexity index is 495. The lowest BCUT2D eigenvalue weighted by Gasteiger charge is -2.45. The van der Waals surface area contributed by atoms with Crippen LogP contribution in [0.15, 0.2) is 24.3 Å². The Labute approximate surface area is 123 Å². The molecule has 0 atom stereocenters. The summed E-state index contributed by atoms with van der Waals surface area (Å²) in [7, 11) is 0. The van der Waals surface area contributed by atoms with Gasteiger partial charge in [0.25, 0.3) is 0 Å². The lowest BCUT2D eigenvalue weighted by atomic mass is 9.60.